The van der Waals surface area contributed by atoms with E-state index in [2.05, 4.69) is 27.7 Å². The Morgan fingerprint density at radius 1 is 1.11 bits per heavy atom. The minimum absolute atomic E-state index is 0.347. The van der Waals surface area contributed by atoms with Gasteiger partial charge in [0.15, 0.2) is 0 Å². The lowest BCUT2D eigenvalue weighted by Gasteiger charge is -2.50. The van der Waals surface area contributed by atoms with Crippen LogP contribution in [-0.2, 0) is 0 Å². The van der Waals surface area contributed by atoms with Gasteiger partial charge in [0, 0.05) is 0 Å². The minimum atomic E-state index is -0.347. The molecule has 0 amide bonds. The molecule has 3 aliphatic carbocycles. The minimum Gasteiger partial charge on any atom is -0.390 e. The molecule has 3 rings (SSSR count). The molecule has 3 saturated carbocycles. The van der Waals surface area contributed by atoms with E-state index in [0.717, 1.165) is 24.7 Å². The van der Waals surface area contributed by atoms with E-state index in [-0.39, 0.29) is 5.60 Å². The highest BCUT2D eigenvalue weighted by molar-refractivity contribution is 5.15. The molecular formula is C18H32O. The van der Waals surface area contributed by atoms with Gasteiger partial charge in [-0.2, -0.15) is 0 Å². The summed E-state index contributed by atoms with van der Waals surface area (Å²) in [6, 6.07) is 0. The Kier molecular flexibility index (Phi) is 3.10. The van der Waals surface area contributed by atoms with Crippen molar-refractivity contribution in [2.45, 2.75) is 84.7 Å². The zero-order valence-corrected chi connectivity index (χ0v) is 13.3. The number of hydrogen-bond donors (Lipinski definition) is 1. The van der Waals surface area contributed by atoms with Crippen molar-refractivity contribution in [3.63, 3.8) is 0 Å². The van der Waals surface area contributed by atoms with Crippen LogP contribution in [0.15, 0.2) is 0 Å². The Labute approximate surface area is 119 Å². The molecule has 0 aliphatic heterocycles. The summed E-state index contributed by atoms with van der Waals surface area (Å²) in [5.41, 5.74) is 0.467. The van der Waals surface area contributed by atoms with E-state index in [4.69, 9.17) is 0 Å². The van der Waals surface area contributed by atoms with E-state index < -0.39 is 0 Å². The Hall–Kier alpha value is -0.0400. The standard InChI is InChI=1S/C18H32O/c1-5-13-7-6-9-18(19,12-13)15-11-14-8-10-17(15,4)16(14,2)3/h13-15,19H,5-12H2,1-4H3/t13?,14-,15-,17+,18?/m1/s1. The molecule has 19 heavy (non-hydrogen) atoms. The van der Waals surface area contributed by atoms with Gasteiger partial charge in [-0.25, -0.2) is 0 Å². The Balaban J connectivity index is 1.87. The molecule has 1 N–H and O–H groups in total. The Morgan fingerprint density at radius 2 is 1.84 bits per heavy atom. The second-order valence-electron chi connectivity index (χ2n) is 8.64. The van der Waals surface area contributed by atoms with Crippen molar-refractivity contribution in [3.05, 3.63) is 0 Å². The van der Waals surface area contributed by atoms with Crippen LogP contribution in [0.3, 0.4) is 0 Å². The fourth-order valence-electron chi connectivity index (χ4n) is 6.08. The first kappa shape index (κ1) is 13.9. The van der Waals surface area contributed by atoms with Gasteiger partial charge in [-0.3, -0.25) is 0 Å². The molecule has 0 spiro atoms. The molecule has 1 heteroatoms. The number of aliphatic hydroxyl groups is 1. The molecule has 2 unspecified atom stereocenters. The summed E-state index contributed by atoms with van der Waals surface area (Å²) in [6.07, 6.45) is 10.00. The molecule has 0 aromatic rings. The van der Waals surface area contributed by atoms with E-state index in [1.165, 1.54) is 38.5 Å². The van der Waals surface area contributed by atoms with Gasteiger partial charge in [-0.15, -0.1) is 0 Å². The third kappa shape index (κ3) is 1.76. The van der Waals surface area contributed by atoms with Crippen LogP contribution >= 0.6 is 0 Å². The fraction of sp³-hybridized carbons (Fsp3) is 1.00. The zero-order chi connectivity index (χ0) is 13.9. The maximum atomic E-state index is 11.4. The first-order valence-electron chi connectivity index (χ1n) is 8.56. The van der Waals surface area contributed by atoms with E-state index in [0.29, 0.717) is 16.7 Å². The highest BCUT2D eigenvalue weighted by atomic mass is 16.3. The van der Waals surface area contributed by atoms with Gasteiger partial charge in [0.2, 0.25) is 0 Å². The molecule has 3 aliphatic rings. The van der Waals surface area contributed by atoms with E-state index in [9.17, 15) is 5.11 Å². The van der Waals surface area contributed by atoms with Crippen LogP contribution in [0.2, 0.25) is 0 Å². The summed E-state index contributed by atoms with van der Waals surface area (Å²) in [4.78, 5) is 0. The summed E-state index contributed by atoms with van der Waals surface area (Å²) >= 11 is 0. The highest BCUT2D eigenvalue weighted by Gasteiger charge is 2.65. The van der Waals surface area contributed by atoms with Crippen molar-refractivity contribution in [1.29, 1.82) is 0 Å². The molecule has 110 valence electrons. The first-order valence-corrected chi connectivity index (χ1v) is 8.56. The normalized spacial score (nSPS) is 52.6. The third-order valence-electron chi connectivity index (χ3n) is 7.88. The van der Waals surface area contributed by atoms with Crippen molar-refractivity contribution >= 4 is 0 Å². The second-order valence-corrected chi connectivity index (χ2v) is 8.64. The topological polar surface area (TPSA) is 20.2 Å². The quantitative estimate of drug-likeness (QED) is 0.761. The second kappa shape index (κ2) is 4.23. The van der Waals surface area contributed by atoms with E-state index in [1.807, 2.05) is 0 Å². The van der Waals surface area contributed by atoms with Gasteiger partial charge in [0.25, 0.3) is 0 Å². The maximum Gasteiger partial charge on any atom is 0.0684 e. The van der Waals surface area contributed by atoms with Crippen molar-refractivity contribution < 1.29 is 5.11 Å². The van der Waals surface area contributed by atoms with Crippen LogP contribution in [0.25, 0.3) is 0 Å². The Bertz CT molecular complexity index is 361. The molecular weight excluding hydrogens is 232 g/mol. The highest BCUT2D eigenvalue weighted by Crippen LogP contribution is 2.71. The summed E-state index contributed by atoms with van der Waals surface area (Å²) < 4.78 is 0. The smallest absolute Gasteiger partial charge is 0.0684 e. The van der Waals surface area contributed by atoms with Gasteiger partial charge >= 0.3 is 0 Å². The van der Waals surface area contributed by atoms with Gasteiger partial charge in [0.1, 0.15) is 0 Å². The summed E-state index contributed by atoms with van der Waals surface area (Å²) in [6.45, 7) is 9.71. The van der Waals surface area contributed by atoms with Gasteiger partial charge in [-0.05, 0) is 60.7 Å². The Morgan fingerprint density at radius 3 is 2.37 bits per heavy atom. The average molecular weight is 264 g/mol. The van der Waals surface area contributed by atoms with Crippen LogP contribution in [0.1, 0.15) is 79.1 Å². The van der Waals surface area contributed by atoms with E-state index in [1.54, 1.807) is 0 Å². The molecule has 3 fully saturated rings. The molecule has 5 atom stereocenters. The maximum absolute atomic E-state index is 11.4. The van der Waals surface area contributed by atoms with Crippen LogP contribution in [0.5, 0.6) is 0 Å². The molecule has 0 heterocycles. The molecule has 0 aromatic heterocycles. The summed E-state index contributed by atoms with van der Waals surface area (Å²) in [7, 11) is 0. The van der Waals surface area contributed by atoms with Crippen LogP contribution in [-0.4, -0.2) is 10.7 Å². The molecule has 0 aromatic carbocycles. The largest absolute Gasteiger partial charge is 0.390 e. The lowest BCUT2D eigenvalue weighted by molar-refractivity contribution is -0.113. The van der Waals surface area contributed by atoms with Gasteiger partial charge in [0.05, 0.1) is 5.60 Å². The third-order valence-corrected chi connectivity index (χ3v) is 7.88. The van der Waals surface area contributed by atoms with Crippen LogP contribution in [0.4, 0.5) is 0 Å². The summed E-state index contributed by atoms with van der Waals surface area (Å²) in [5.74, 6) is 2.18. The average Bonchev–Trinajstić information content (AvgIpc) is 2.71. The monoisotopic (exact) mass is 264 g/mol. The molecule has 2 bridgehead atoms. The first-order chi connectivity index (χ1) is 8.83. The number of hydrogen-bond acceptors (Lipinski definition) is 1. The molecule has 0 saturated heterocycles. The van der Waals surface area contributed by atoms with Gasteiger partial charge < -0.3 is 5.11 Å². The predicted molar refractivity (Wildman–Crippen MR) is 79.9 cm³/mol. The van der Waals surface area contributed by atoms with Gasteiger partial charge in [-0.1, -0.05) is 47.0 Å². The molecule has 0 radical (unpaired) electrons. The lowest BCUT2D eigenvalue weighted by atomic mass is 9.58. The van der Waals surface area contributed by atoms with E-state index >= 15 is 0 Å². The number of rotatable bonds is 2. The van der Waals surface area contributed by atoms with Crippen molar-refractivity contribution in [1.82, 2.24) is 0 Å². The number of fused-ring (bicyclic) bond motifs is 2. The SMILES string of the molecule is CCC1CCCC(O)([C@@H]2C[C@H]3CC[C@]2(C)C3(C)C)C1. The van der Waals surface area contributed by atoms with Crippen LogP contribution in [0, 0.1) is 28.6 Å². The predicted octanol–water partition coefficient (Wildman–Crippen LogP) is 4.78. The fourth-order valence-corrected chi connectivity index (χ4v) is 6.08. The zero-order valence-electron chi connectivity index (χ0n) is 13.3. The van der Waals surface area contributed by atoms with Crippen molar-refractivity contribution in [2.75, 3.05) is 0 Å². The molecule has 1 nitrogen and oxygen atoms in total. The van der Waals surface area contributed by atoms with Crippen molar-refractivity contribution in [2.24, 2.45) is 28.6 Å². The summed E-state index contributed by atoms with van der Waals surface area (Å²) in [5, 5.41) is 11.4. The van der Waals surface area contributed by atoms with Crippen LogP contribution < -0.4 is 0 Å². The van der Waals surface area contributed by atoms with Crippen molar-refractivity contribution in [3.8, 4) is 0 Å². The lowest BCUT2D eigenvalue weighted by Crippen LogP contribution is -2.49.